The predicted octanol–water partition coefficient (Wildman–Crippen LogP) is -0.289. The van der Waals surface area contributed by atoms with Crippen LogP contribution in [-0.2, 0) is 14.3 Å². The summed E-state index contributed by atoms with van der Waals surface area (Å²) < 4.78 is 5.62. The minimum absolute atomic E-state index is 0.293. The Kier molecular flexibility index (Phi) is 5.88. The smallest absolute Gasteiger partial charge is 0.333 e. The molecule has 5 heteroatoms. The molecule has 0 aliphatic carbocycles. The van der Waals surface area contributed by atoms with Crippen LogP contribution in [0.25, 0.3) is 0 Å². The largest absolute Gasteiger partial charge is 0.550 e. The molecule has 5 nitrogen and oxygen atoms in total. The summed E-state index contributed by atoms with van der Waals surface area (Å²) in [6, 6.07) is 0. The van der Waals surface area contributed by atoms with Gasteiger partial charge in [-0.2, -0.15) is 0 Å². The van der Waals surface area contributed by atoms with E-state index in [9.17, 15) is 14.7 Å². The van der Waals surface area contributed by atoms with Crippen LogP contribution in [-0.4, -0.2) is 50.2 Å². The highest BCUT2D eigenvalue weighted by Crippen LogP contribution is 2.08. The van der Waals surface area contributed by atoms with Crippen molar-refractivity contribution in [2.75, 3.05) is 27.7 Å². The Balaban J connectivity index is 4.54. The highest BCUT2D eigenvalue weighted by Gasteiger charge is 2.22. The van der Waals surface area contributed by atoms with Gasteiger partial charge in [0.2, 0.25) is 0 Å². The summed E-state index contributed by atoms with van der Waals surface area (Å²) in [7, 11) is 5.68. The van der Waals surface area contributed by atoms with Crippen LogP contribution in [0.2, 0.25) is 0 Å². The van der Waals surface area contributed by atoms with Gasteiger partial charge in [0.15, 0.2) is 6.10 Å². The number of carboxylic acids is 1. The third-order valence-corrected chi connectivity index (χ3v) is 2.13. The normalized spacial score (nSPS) is 12.9. The summed E-state index contributed by atoms with van der Waals surface area (Å²) >= 11 is 0. The van der Waals surface area contributed by atoms with E-state index in [-0.39, 0.29) is 6.42 Å². The lowest BCUT2D eigenvalue weighted by Gasteiger charge is -2.29. The first-order valence-electron chi connectivity index (χ1n) is 5.54. The van der Waals surface area contributed by atoms with Crippen molar-refractivity contribution in [2.24, 2.45) is 0 Å². The van der Waals surface area contributed by atoms with Gasteiger partial charge in [-0.25, -0.2) is 4.79 Å². The van der Waals surface area contributed by atoms with Crippen LogP contribution >= 0.6 is 0 Å². The number of carbonyl (C=O) groups excluding carboxylic acids is 2. The number of ether oxygens (including phenoxy) is 1. The lowest BCUT2D eigenvalue weighted by Crippen LogP contribution is -2.45. The Labute approximate surface area is 102 Å². The fourth-order valence-electron chi connectivity index (χ4n) is 1.32. The zero-order chi connectivity index (χ0) is 13.6. The van der Waals surface area contributed by atoms with Crippen molar-refractivity contribution >= 4 is 11.9 Å². The monoisotopic (exact) mass is 243 g/mol. The topological polar surface area (TPSA) is 66.4 Å². The van der Waals surface area contributed by atoms with E-state index in [0.717, 1.165) is 0 Å². The van der Waals surface area contributed by atoms with Crippen molar-refractivity contribution < 1.29 is 23.9 Å². The highest BCUT2D eigenvalue weighted by molar-refractivity contribution is 5.87. The SMILES string of the molecule is C=C(CC)C(=O)OC(CC(=O)[O-])C[N+](C)(C)C. The number of likely N-dealkylation sites (N-methyl/N-ethyl adjacent to an activating group) is 1. The van der Waals surface area contributed by atoms with Crippen LogP contribution in [0.1, 0.15) is 19.8 Å². The fourth-order valence-corrected chi connectivity index (χ4v) is 1.32. The molecule has 0 radical (unpaired) electrons. The van der Waals surface area contributed by atoms with Crippen LogP contribution in [0, 0.1) is 0 Å². The first-order chi connectivity index (χ1) is 7.65. The molecule has 0 saturated heterocycles. The highest BCUT2D eigenvalue weighted by atomic mass is 16.5. The maximum Gasteiger partial charge on any atom is 0.333 e. The quantitative estimate of drug-likeness (QED) is 0.350. The van der Waals surface area contributed by atoms with E-state index in [1.54, 1.807) is 6.92 Å². The van der Waals surface area contributed by atoms with Crippen molar-refractivity contribution in [1.29, 1.82) is 0 Å². The molecule has 0 heterocycles. The minimum Gasteiger partial charge on any atom is -0.550 e. The number of hydrogen-bond acceptors (Lipinski definition) is 4. The molecule has 0 aromatic carbocycles. The van der Waals surface area contributed by atoms with Gasteiger partial charge < -0.3 is 19.1 Å². The second kappa shape index (κ2) is 6.39. The summed E-state index contributed by atoms with van der Waals surface area (Å²) in [5.74, 6) is -1.76. The van der Waals surface area contributed by atoms with Crippen LogP contribution in [0.3, 0.4) is 0 Å². The molecule has 17 heavy (non-hydrogen) atoms. The van der Waals surface area contributed by atoms with Crippen molar-refractivity contribution in [3.8, 4) is 0 Å². The van der Waals surface area contributed by atoms with E-state index in [2.05, 4.69) is 6.58 Å². The lowest BCUT2D eigenvalue weighted by molar-refractivity contribution is -0.873. The molecule has 0 aliphatic rings. The number of esters is 1. The number of nitrogens with zero attached hydrogens (tertiary/aromatic N) is 1. The number of carbonyl (C=O) groups is 2. The Hall–Kier alpha value is -1.36. The van der Waals surface area contributed by atoms with E-state index in [1.165, 1.54) is 0 Å². The van der Waals surface area contributed by atoms with E-state index in [0.29, 0.717) is 23.0 Å². The van der Waals surface area contributed by atoms with Gasteiger partial charge in [-0.1, -0.05) is 13.5 Å². The summed E-state index contributed by atoms with van der Waals surface area (Å²) in [5.41, 5.74) is 0.342. The molecule has 0 N–H and O–H groups in total. The maximum absolute atomic E-state index is 11.5. The lowest BCUT2D eigenvalue weighted by atomic mass is 10.2. The average Bonchev–Trinajstić information content (AvgIpc) is 2.12. The molecular formula is C12H21NO4. The van der Waals surface area contributed by atoms with Gasteiger partial charge in [0.25, 0.3) is 0 Å². The number of hydrogen-bond donors (Lipinski definition) is 0. The molecule has 0 saturated carbocycles. The van der Waals surface area contributed by atoms with Crippen LogP contribution < -0.4 is 5.11 Å². The molecule has 0 fully saturated rings. The second-order valence-corrected chi connectivity index (χ2v) is 5.03. The average molecular weight is 243 g/mol. The van der Waals surface area contributed by atoms with Gasteiger partial charge in [0.05, 0.1) is 21.1 Å². The molecule has 0 aliphatic heterocycles. The predicted molar refractivity (Wildman–Crippen MR) is 61.8 cm³/mol. The number of quaternary nitrogens is 1. The molecule has 0 rings (SSSR count). The van der Waals surface area contributed by atoms with Crippen molar-refractivity contribution in [3.63, 3.8) is 0 Å². The van der Waals surface area contributed by atoms with Crippen molar-refractivity contribution in [3.05, 3.63) is 12.2 Å². The van der Waals surface area contributed by atoms with Crippen molar-refractivity contribution in [1.82, 2.24) is 0 Å². The molecule has 0 aromatic heterocycles. The molecule has 0 aromatic rings. The van der Waals surface area contributed by atoms with E-state index >= 15 is 0 Å². The minimum atomic E-state index is -1.22. The summed E-state index contributed by atoms with van der Waals surface area (Å²) in [4.78, 5) is 22.1. The van der Waals surface area contributed by atoms with Crippen LogP contribution in [0.5, 0.6) is 0 Å². The number of carboxylic acid groups (broad SMARTS) is 1. The van der Waals surface area contributed by atoms with E-state index in [4.69, 9.17) is 4.74 Å². The van der Waals surface area contributed by atoms with E-state index in [1.807, 2.05) is 21.1 Å². The van der Waals surface area contributed by atoms with E-state index < -0.39 is 18.0 Å². The molecule has 1 atom stereocenters. The summed E-state index contributed by atoms with van der Waals surface area (Å²) in [6.07, 6.45) is -0.490. The molecule has 98 valence electrons. The summed E-state index contributed by atoms with van der Waals surface area (Å²) in [5, 5.41) is 10.6. The maximum atomic E-state index is 11.5. The molecule has 0 bridgehead atoms. The molecular weight excluding hydrogens is 222 g/mol. The van der Waals surface area contributed by atoms with Gasteiger partial charge in [0, 0.05) is 18.0 Å². The summed E-state index contributed by atoms with van der Waals surface area (Å²) in [6.45, 7) is 5.76. The Morgan fingerprint density at radius 2 is 1.88 bits per heavy atom. The molecule has 0 amide bonds. The number of aliphatic carboxylic acids is 1. The van der Waals surface area contributed by atoms with Crippen LogP contribution in [0.4, 0.5) is 0 Å². The third kappa shape index (κ3) is 7.52. The van der Waals surface area contributed by atoms with Gasteiger partial charge in [0.1, 0.15) is 6.54 Å². The Morgan fingerprint density at radius 1 is 1.35 bits per heavy atom. The first-order valence-corrected chi connectivity index (χ1v) is 5.54. The van der Waals surface area contributed by atoms with Crippen molar-refractivity contribution in [2.45, 2.75) is 25.9 Å². The molecule has 0 spiro atoms. The number of rotatable bonds is 7. The third-order valence-electron chi connectivity index (χ3n) is 2.13. The van der Waals surface area contributed by atoms with Crippen LogP contribution in [0.15, 0.2) is 12.2 Å². The van der Waals surface area contributed by atoms with Gasteiger partial charge in [-0.15, -0.1) is 0 Å². The first kappa shape index (κ1) is 15.6. The zero-order valence-electron chi connectivity index (χ0n) is 11.0. The van der Waals surface area contributed by atoms with Gasteiger partial charge in [-0.3, -0.25) is 0 Å². The van der Waals surface area contributed by atoms with Gasteiger partial charge >= 0.3 is 5.97 Å². The fraction of sp³-hybridized carbons (Fsp3) is 0.667. The Morgan fingerprint density at radius 3 is 2.24 bits per heavy atom. The standard InChI is InChI=1S/C12H21NO4/c1-6-9(2)12(16)17-10(7-11(14)15)8-13(3,4)5/h10H,2,6-8H2,1,3-5H3. The zero-order valence-corrected chi connectivity index (χ0v) is 11.0. The Bertz CT molecular complexity index is 304. The molecule has 1 unspecified atom stereocenters. The van der Waals surface area contributed by atoms with Gasteiger partial charge in [-0.05, 0) is 6.42 Å². The second-order valence-electron chi connectivity index (χ2n) is 5.03.